The number of rotatable bonds is 7. The molecule has 6 heteroatoms. The van der Waals surface area contributed by atoms with Crippen molar-refractivity contribution in [3.05, 3.63) is 59.3 Å². The fourth-order valence-corrected chi connectivity index (χ4v) is 2.58. The number of hydrogen-bond donors (Lipinski definition) is 0. The summed E-state index contributed by atoms with van der Waals surface area (Å²) < 4.78 is 21.6. The van der Waals surface area contributed by atoms with Gasteiger partial charge in [0.25, 0.3) is 0 Å². The molecule has 6 nitrogen and oxygen atoms in total. The second-order valence-corrected chi connectivity index (χ2v) is 5.64. The molecule has 27 heavy (non-hydrogen) atoms. The van der Waals surface area contributed by atoms with Gasteiger partial charge in [-0.15, -0.1) is 0 Å². The van der Waals surface area contributed by atoms with Gasteiger partial charge in [-0.05, 0) is 61.9 Å². The Kier molecular flexibility index (Phi) is 5.76. The van der Waals surface area contributed by atoms with Gasteiger partial charge in [0.2, 0.25) is 5.90 Å². The van der Waals surface area contributed by atoms with Crippen LogP contribution < -0.4 is 14.2 Å². The van der Waals surface area contributed by atoms with Crippen molar-refractivity contribution >= 4 is 17.9 Å². The van der Waals surface area contributed by atoms with E-state index in [1.54, 1.807) is 37.5 Å². The minimum absolute atomic E-state index is 0.229. The molecule has 0 saturated carbocycles. The van der Waals surface area contributed by atoms with Gasteiger partial charge in [-0.1, -0.05) is 6.07 Å². The quantitative estimate of drug-likeness (QED) is 0.549. The number of hydrogen-bond acceptors (Lipinski definition) is 6. The summed E-state index contributed by atoms with van der Waals surface area (Å²) in [5, 5.41) is 0. The summed E-state index contributed by atoms with van der Waals surface area (Å²) in [5.74, 6) is 1.78. The molecule has 0 fully saturated rings. The molecule has 2 aromatic carbocycles. The summed E-state index contributed by atoms with van der Waals surface area (Å²) in [7, 11) is 1.59. The fourth-order valence-electron chi connectivity index (χ4n) is 2.58. The van der Waals surface area contributed by atoms with Gasteiger partial charge in [0.05, 0.1) is 20.3 Å². The standard InChI is InChI=1S/C21H21NO5/c1-4-25-18-11-6-14(13-19(18)26-5-2)12-17-21(23)27-20(22-17)15-7-9-16(24-3)10-8-15/h6-13H,4-5H2,1-3H3/b17-12+. The van der Waals surface area contributed by atoms with E-state index in [0.717, 1.165) is 11.3 Å². The smallest absolute Gasteiger partial charge is 0.363 e. The van der Waals surface area contributed by atoms with Crippen LogP contribution in [0, 0.1) is 0 Å². The van der Waals surface area contributed by atoms with Crippen LogP contribution in [-0.4, -0.2) is 32.2 Å². The van der Waals surface area contributed by atoms with Gasteiger partial charge >= 0.3 is 5.97 Å². The van der Waals surface area contributed by atoms with E-state index >= 15 is 0 Å². The largest absolute Gasteiger partial charge is 0.497 e. The Morgan fingerprint density at radius 1 is 1.00 bits per heavy atom. The van der Waals surface area contributed by atoms with Gasteiger partial charge in [-0.3, -0.25) is 0 Å². The zero-order valence-electron chi connectivity index (χ0n) is 15.5. The minimum Gasteiger partial charge on any atom is -0.497 e. The molecule has 2 aromatic rings. The molecule has 140 valence electrons. The molecule has 1 aliphatic heterocycles. The van der Waals surface area contributed by atoms with Crippen LogP contribution in [0.1, 0.15) is 25.0 Å². The Bertz CT molecular complexity index is 884. The lowest BCUT2D eigenvalue weighted by Crippen LogP contribution is -2.05. The molecule has 1 heterocycles. The maximum Gasteiger partial charge on any atom is 0.363 e. The monoisotopic (exact) mass is 367 g/mol. The van der Waals surface area contributed by atoms with Gasteiger partial charge in [-0.2, -0.15) is 0 Å². The Hall–Kier alpha value is -3.28. The first-order valence-electron chi connectivity index (χ1n) is 8.71. The number of methoxy groups -OCH3 is 1. The number of esters is 1. The van der Waals surface area contributed by atoms with Crippen molar-refractivity contribution < 1.29 is 23.7 Å². The first-order chi connectivity index (χ1) is 13.1. The molecule has 0 spiro atoms. The van der Waals surface area contributed by atoms with Gasteiger partial charge in [0, 0.05) is 5.56 Å². The number of benzene rings is 2. The lowest BCUT2D eigenvalue weighted by Gasteiger charge is -2.11. The lowest BCUT2D eigenvalue weighted by atomic mass is 10.1. The number of aliphatic imine (C=N–C) groups is 1. The van der Waals surface area contributed by atoms with Crippen molar-refractivity contribution in [3.8, 4) is 17.2 Å². The van der Waals surface area contributed by atoms with Crippen molar-refractivity contribution in [1.29, 1.82) is 0 Å². The fraction of sp³-hybridized carbons (Fsp3) is 0.238. The van der Waals surface area contributed by atoms with Crippen molar-refractivity contribution in [2.24, 2.45) is 4.99 Å². The highest BCUT2D eigenvalue weighted by Crippen LogP contribution is 2.30. The average Bonchev–Trinajstić information content (AvgIpc) is 3.05. The van der Waals surface area contributed by atoms with Crippen LogP contribution in [0.3, 0.4) is 0 Å². The number of ether oxygens (including phenoxy) is 4. The molecular weight excluding hydrogens is 346 g/mol. The Labute approximate surface area is 158 Å². The molecule has 0 atom stereocenters. The molecule has 0 N–H and O–H groups in total. The van der Waals surface area contributed by atoms with Crippen molar-refractivity contribution in [1.82, 2.24) is 0 Å². The van der Waals surface area contributed by atoms with Crippen LogP contribution in [0.15, 0.2) is 53.2 Å². The average molecular weight is 367 g/mol. The zero-order chi connectivity index (χ0) is 19.2. The first kappa shape index (κ1) is 18.5. The van der Waals surface area contributed by atoms with Gasteiger partial charge in [-0.25, -0.2) is 9.79 Å². The third-order valence-corrected chi connectivity index (χ3v) is 3.83. The Morgan fingerprint density at radius 2 is 1.70 bits per heavy atom. The van der Waals surface area contributed by atoms with Crippen LogP contribution in [0.5, 0.6) is 17.2 Å². The normalized spacial score (nSPS) is 14.7. The van der Waals surface area contributed by atoms with Crippen molar-refractivity contribution in [2.45, 2.75) is 13.8 Å². The van der Waals surface area contributed by atoms with Crippen LogP contribution in [0.25, 0.3) is 6.08 Å². The molecule has 0 unspecified atom stereocenters. The van der Waals surface area contributed by atoms with E-state index in [1.807, 2.05) is 32.0 Å². The lowest BCUT2D eigenvalue weighted by molar-refractivity contribution is -0.129. The number of nitrogens with zero attached hydrogens (tertiary/aromatic N) is 1. The molecule has 0 saturated heterocycles. The summed E-state index contributed by atoms with van der Waals surface area (Å²) in [6, 6.07) is 12.6. The van der Waals surface area contributed by atoms with E-state index < -0.39 is 5.97 Å². The van der Waals surface area contributed by atoms with E-state index in [1.165, 1.54) is 0 Å². The number of carbonyl (C=O) groups excluding carboxylic acids is 1. The summed E-state index contributed by atoms with van der Waals surface area (Å²) in [6.07, 6.45) is 1.66. The van der Waals surface area contributed by atoms with Crippen molar-refractivity contribution in [3.63, 3.8) is 0 Å². The van der Waals surface area contributed by atoms with Crippen molar-refractivity contribution in [2.75, 3.05) is 20.3 Å². The Morgan fingerprint density at radius 3 is 2.37 bits per heavy atom. The third-order valence-electron chi connectivity index (χ3n) is 3.83. The van der Waals surface area contributed by atoms with Gasteiger partial charge in [0.1, 0.15) is 5.75 Å². The first-order valence-corrected chi connectivity index (χ1v) is 8.71. The van der Waals surface area contributed by atoms with E-state index in [-0.39, 0.29) is 11.6 Å². The SMILES string of the molecule is CCOc1ccc(/C=C2/N=C(c3ccc(OC)cc3)OC2=O)cc1OCC. The predicted molar refractivity (Wildman–Crippen MR) is 102 cm³/mol. The maximum absolute atomic E-state index is 12.2. The second kappa shape index (κ2) is 8.40. The van der Waals surface area contributed by atoms with E-state index in [9.17, 15) is 4.79 Å². The molecule has 1 aliphatic rings. The highest BCUT2D eigenvalue weighted by Gasteiger charge is 2.24. The van der Waals surface area contributed by atoms with Crippen LogP contribution in [0.4, 0.5) is 0 Å². The number of cyclic esters (lactones) is 1. The highest BCUT2D eigenvalue weighted by atomic mass is 16.6. The molecule has 3 rings (SSSR count). The van der Waals surface area contributed by atoms with Crippen LogP contribution in [0.2, 0.25) is 0 Å². The summed E-state index contributed by atoms with van der Waals surface area (Å²) >= 11 is 0. The topological polar surface area (TPSA) is 66.3 Å². The minimum atomic E-state index is -0.493. The van der Waals surface area contributed by atoms with E-state index in [2.05, 4.69) is 4.99 Å². The molecule has 0 aromatic heterocycles. The predicted octanol–water partition coefficient (Wildman–Crippen LogP) is 3.84. The molecule has 0 radical (unpaired) electrons. The summed E-state index contributed by atoms with van der Waals surface area (Å²) in [5.41, 5.74) is 1.70. The molecule has 0 bridgehead atoms. The van der Waals surface area contributed by atoms with Crippen LogP contribution in [-0.2, 0) is 9.53 Å². The summed E-state index contributed by atoms with van der Waals surface area (Å²) in [6.45, 7) is 4.88. The van der Waals surface area contributed by atoms with E-state index in [4.69, 9.17) is 18.9 Å². The van der Waals surface area contributed by atoms with Gasteiger partial charge in [0.15, 0.2) is 17.2 Å². The Balaban J connectivity index is 1.88. The molecule has 0 aliphatic carbocycles. The van der Waals surface area contributed by atoms with Crippen LogP contribution >= 0.6 is 0 Å². The third kappa shape index (κ3) is 4.28. The zero-order valence-corrected chi connectivity index (χ0v) is 15.5. The highest BCUT2D eigenvalue weighted by molar-refractivity contribution is 6.12. The number of carbonyl (C=O) groups is 1. The summed E-state index contributed by atoms with van der Waals surface area (Å²) in [4.78, 5) is 16.5. The second-order valence-electron chi connectivity index (χ2n) is 5.64. The molecule has 0 amide bonds. The maximum atomic E-state index is 12.2. The molecular formula is C21H21NO5. The van der Waals surface area contributed by atoms with E-state index in [0.29, 0.717) is 30.3 Å². The van der Waals surface area contributed by atoms with Gasteiger partial charge < -0.3 is 18.9 Å².